The fourth-order valence-corrected chi connectivity index (χ4v) is 5.17. The van der Waals surface area contributed by atoms with E-state index in [1.54, 1.807) is 0 Å². The number of hydrogen-bond acceptors (Lipinski definition) is 3. The summed E-state index contributed by atoms with van der Waals surface area (Å²) in [6.07, 6.45) is 4.73. The molecule has 1 saturated heterocycles. The minimum absolute atomic E-state index is 0.0245. The van der Waals surface area contributed by atoms with Crippen molar-refractivity contribution < 1.29 is 9.90 Å². The molecule has 2 heterocycles. The Kier molecular flexibility index (Phi) is 5.00. The molecule has 0 unspecified atom stereocenters. The summed E-state index contributed by atoms with van der Waals surface area (Å²) in [6, 6.07) is 17.2. The zero-order chi connectivity index (χ0) is 20.7. The Balaban J connectivity index is 1.53. The lowest BCUT2D eigenvalue weighted by molar-refractivity contribution is -0.0885. The molecule has 30 heavy (non-hydrogen) atoms. The van der Waals surface area contributed by atoms with Crippen LogP contribution in [0.4, 0.5) is 0 Å². The lowest BCUT2D eigenvalue weighted by atomic mass is 9.71. The topological polar surface area (TPSA) is 53.4 Å². The minimum atomic E-state index is -0.593. The van der Waals surface area contributed by atoms with Gasteiger partial charge in [0.25, 0.3) is 5.91 Å². The number of carbonyl (C=O) groups is 1. The summed E-state index contributed by atoms with van der Waals surface area (Å²) < 4.78 is 0. The Labute approximate surface area is 181 Å². The fourth-order valence-electron chi connectivity index (χ4n) is 5.05. The van der Waals surface area contributed by atoms with Crippen molar-refractivity contribution in [2.24, 2.45) is 5.92 Å². The molecule has 0 bridgehead atoms. The van der Waals surface area contributed by atoms with E-state index in [2.05, 4.69) is 0 Å². The number of rotatable bonds is 2. The number of pyridine rings is 1. The van der Waals surface area contributed by atoms with E-state index in [9.17, 15) is 9.90 Å². The number of piperidine rings is 1. The normalized spacial score (nSPS) is 23.9. The first-order valence-electron chi connectivity index (χ1n) is 10.7. The van der Waals surface area contributed by atoms with Crippen molar-refractivity contribution in [3.63, 3.8) is 0 Å². The van der Waals surface area contributed by atoms with Gasteiger partial charge in [-0.1, -0.05) is 54.8 Å². The van der Waals surface area contributed by atoms with E-state index in [1.807, 2.05) is 59.5 Å². The Hall–Kier alpha value is -2.43. The average molecular weight is 421 g/mol. The summed E-state index contributed by atoms with van der Waals surface area (Å²) >= 11 is 6.04. The number of aromatic nitrogens is 1. The van der Waals surface area contributed by atoms with Crippen LogP contribution in [0.2, 0.25) is 5.02 Å². The van der Waals surface area contributed by atoms with Crippen molar-refractivity contribution in [3.8, 4) is 11.3 Å². The molecule has 2 aliphatic rings. The largest absolute Gasteiger partial charge is 0.389 e. The number of nitrogens with zero attached hydrogens (tertiary/aromatic N) is 2. The molecular weight excluding hydrogens is 396 g/mol. The van der Waals surface area contributed by atoms with Gasteiger partial charge in [-0.05, 0) is 43.5 Å². The number of halogens is 1. The van der Waals surface area contributed by atoms with Crippen LogP contribution in [0.25, 0.3) is 22.2 Å². The van der Waals surface area contributed by atoms with Gasteiger partial charge >= 0.3 is 0 Å². The highest BCUT2D eigenvalue weighted by molar-refractivity contribution is 6.30. The molecule has 1 N–H and O–H groups in total. The molecule has 0 radical (unpaired) electrons. The third-order valence-corrected chi connectivity index (χ3v) is 7.05. The molecule has 5 rings (SSSR count). The Morgan fingerprint density at radius 2 is 1.90 bits per heavy atom. The van der Waals surface area contributed by atoms with Crippen molar-refractivity contribution in [1.82, 2.24) is 9.88 Å². The Morgan fingerprint density at radius 3 is 2.73 bits per heavy atom. The maximum Gasteiger partial charge on any atom is 0.254 e. The van der Waals surface area contributed by atoms with Gasteiger partial charge in [-0.2, -0.15) is 0 Å². The standard InChI is InChI=1S/C25H25ClN2O2/c26-19-10-8-17(9-11-19)23-15-21(20-6-1-2-7-22(20)27-23)24(29)28-14-13-25(30)12-4-3-5-18(25)16-28/h1-2,6-11,15,18,30H,3-5,12-14,16H2/t18-,25-/m0/s1. The van der Waals surface area contributed by atoms with Crippen LogP contribution in [0, 0.1) is 5.92 Å². The van der Waals surface area contributed by atoms with Crippen LogP contribution in [0.5, 0.6) is 0 Å². The first kappa shape index (κ1) is 19.5. The molecule has 2 atom stereocenters. The van der Waals surface area contributed by atoms with Crippen LogP contribution in [0.3, 0.4) is 0 Å². The Morgan fingerprint density at radius 1 is 1.10 bits per heavy atom. The molecule has 5 heteroatoms. The van der Waals surface area contributed by atoms with Gasteiger partial charge < -0.3 is 10.0 Å². The minimum Gasteiger partial charge on any atom is -0.389 e. The smallest absolute Gasteiger partial charge is 0.254 e. The third-order valence-electron chi connectivity index (χ3n) is 6.80. The van der Waals surface area contributed by atoms with E-state index in [4.69, 9.17) is 16.6 Å². The molecule has 1 amide bonds. The average Bonchev–Trinajstić information content (AvgIpc) is 2.77. The highest BCUT2D eigenvalue weighted by atomic mass is 35.5. The SMILES string of the molecule is O=C(c1cc(-c2ccc(Cl)cc2)nc2ccccc12)N1CC[C@@]2(O)CCCC[C@H]2C1. The lowest BCUT2D eigenvalue weighted by Gasteiger charge is -2.47. The predicted molar refractivity (Wildman–Crippen MR) is 120 cm³/mol. The van der Waals surface area contributed by atoms with Gasteiger partial charge in [-0.3, -0.25) is 4.79 Å². The first-order valence-corrected chi connectivity index (χ1v) is 11.1. The van der Waals surface area contributed by atoms with Crippen molar-refractivity contribution in [2.45, 2.75) is 37.7 Å². The zero-order valence-corrected chi connectivity index (χ0v) is 17.6. The molecule has 0 spiro atoms. The van der Waals surface area contributed by atoms with Gasteiger partial charge in [0.1, 0.15) is 0 Å². The third kappa shape index (κ3) is 3.48. The second-order valence-corrected chi connectivity index (χ2v) is 9.06. The van der Waals surface area contributed by atoms with Crippen LogP contribution in [-0.4, -0.2) is 39.6 Å². The summed E-state index contributed by atoms with van der Waals surface area (Å²) in [5.74, 6) is 0.198. The molecule has 2 aromatic carbocycles. The maximum absolute atomic E-state index is 13.6. The van der Waals surface area contributed by atoms with Crippen LogP contribution in [0.15, 0.2) is 54.6 Å². The summed E-state index contributed by atoms with van der Waals surface area (Å²) in [5, 5.41) is 12.5. The van der Waals surface area contributed by atoms with E-state index in [-0.39, 0.29) is 11.8 Å². The van der Waals surface area contributed by atoms with Gasteiger partial charge in [-0.15, -0.1) is 0 Å². The molecule has 1 saturated carbocycles. The number of likely N-dealkylation sites (tertiary alicyclic amines) is 1. The van der Waals surface area contributed by atoms with Crippen molar-refractivity contribution in [2.75, 3.05) is 13.1 Å². The highest BCUT2D eigenvalue weighted by Gasteiger charge is 2.44. The fraction of sp³-hybridized carbons (Fsp3) is 0.360. The van der Waals surface area contributed by atoms with Crippen molar-refractivity contribution in [3.05, 3.63) is 65.2 Å². The van der Waals surface area contributed by atoms with Gasteiger partial charge in [0.15, 0.2) is 0 Å². The van der Waals surface area contributed by atoms with E-state index in [0.717, 1.165) is 47.8 Å². The van der Waals surface area contributed by atoms with Gasteiger partial charge in [0, 0.05) is 35.0 Å². The van der Waals surface area contributed by atoms with E-state index in [1.165, 1.54) is 0 Å². The van der Waals surface area contributed by atoms with Gasteiger partial charge in [0.2, 0.25) is 0 Å². The molecular formula is C25H25ClN2O2. The van der Waals surface area contributed by atoms with E-state index >= 15 is 0 Å². The molecule has 1 aliphatic carbocycles. The number of amides is 1. The molecule has 154 valence electrons. The summed E-state index contributed by atoms with van der Waals surface area (Å²) in [4.78, 5) is 20.3. The van der Waals surface area contributed by atoms with E-state index < -0.39 is 5.60 Å². The number of carbonyl (C=O) groups excluding carboxylic acids is 1. The molecule has 2 fully saturated rings. The quantitative estimate of drug-likeness (QED) is 0.610. The lowest BCUT2D eigenvalue weighted by Crippen LogP contribution is -2.54. The maximum atomic E-state index is 13.6. The van der Waals surface area contributed by atoms with Crippen LogP contribution in [-0.2, 0) is 0 Å². The predicted octanol–water partition coefficient (Wildman–Crippen LogP) is 5.32. The zero-order valence-electron chi connectivity index (χ0n) is 16.9. The number of para-hydroxylation sites is 1. The summed E-state index contributed by atoms with van der Waals surface area (Å²) in [7, 11) is 0. The Bertz CT molecular complexity index is 1100. The molecule has 3 aromatic rings. The number of hydrogen-bond donors (Lipinski definition) is 1. The summed E-state index contributed by atoms with van der Waals surface area (Å²) in [5.41, 5.74) is 2.58. The van der Waals surface area contributed by atoms with E-state index in [0.29, 0.717) is 30.1 Å². The first-order chi connectivity index (χ1) is 14.5. The summed E-state index contributed by atoms with van der Waals surface area (Å²) in [6.45, 7) is 1.22. The molecule has 1 aromatic heterocycles. The second-order valence-electron chi connectivity index (χ2n) is 8.63. The van der Waals surface area contributed by atoms with Crippen LogP contribution < -0.4 is 0 Å². The molecule has 1 aliphatic heterocycles. The number of benzene rings is 2. The van der Waals surface area contributed by atoms with Gasteiger partial charge in [-0.25, -0.2) is 4.98 Å². The number of aliphatic hydroxyl groups is 1. The van der Waals surface area contributed by atoms with Crippen molar-refractivity contribution >= 4 is 28.4 Å². The van der Waals surface area contributed by atoms with Gasteiger partial charge in [0.05, 0.1) is 22.4 Å². The highest BCUT2D eigenvalue weighted by Crippen LogP contribution is 2.40. The van der Waals surface area contributed by atoms with Crippen LogP contribution >= 0.6 is 11.6 Å². The monoisotopic (exact) mass is 420 g/mol. The van der Waals surface area contributed by atoms with Crippen molar-refractivity contribution in [1.29, 1.82) is 0 Å². The van der Waals surface area contributed by atoms with Crippen LogP contribution in [0.1, 0.15) is 42.5 Å². The number of fused-ring (bicyclic) bond motifs is 2. The second kappa shape index (κ2) is 7.68. The molecule has 4 nitrogen and oxygen atoms in total.